The molecule has 0 atom stereocenters. The van der Waals surface area contributed by atoms with Gasteiger partial charge in [0.15, 0.2) is 0 Å². The molecule has 0 saturated heterocycles. The summed E-state index contributed by atoms with van der Waals surface area (Å²) in [6, 6.07) is 56.0. The Bertz CT molecular complexity index is 3410. The lowest BCUT2D eigenvalue weighted by atomic mass is 10.1. The van der Waals surface area contributed by atoms with Gasteiger partial charge in [0.1, 0.15) is 0 Å². The molecule has 350 valence electrons. The highest BCUT2D eigenvalue weighted by atomic mass is 32.2. The first-order valence-corrected chi connectivity index (χ1v) is 29.5. The Morgan fingerprint density at radius 3 is 0.750 bits per heavy atom. The minimum Gasteiger partial charge on any atom is -0.103 e. The van der Waals surface area contributed by atoms with Crippen molar-refractivity contribution in [3.05, 3.63) is 284 Å². The largest absolute Gasteiger partial charge is 0.103 e. The summed E-state index contributed by atoms with van der Waals surface area (Å²) in [5, 5.41) is 2.18. The smallest absolute Gasteiger partial charge is 0.0155 e. The Morgan fingerprint density at radius 1 is 0.250 bits per heavy atom. The van der Waals surface area contributed by atoms with Gasteiger partial charge < -0.3 is 0 Å². The molecular weight excluding hydrogens is 985 g/mol. The van der Waals surface area contributed by atoms with Crippen molar-refractivity contribution >= 4 is 132 Å². The van der Waals surface area contributed by atoms with Gasteiger partial charge in [0.25, 0.3) is 0 Å². The molecule has 6 aliphatic rings. The predicted octanol–water partition coefficient (Wildman–Crippen LogP) is 21.3. The zero-order valence-electron chi connectivity index (χ0n) is 39.6. The van der Waals surface area contributed by atoms with E-state index in [1.807, 2.05) is 70.6 Å². The Kier molecular flexibility index (Phi) is 14.6. The molecule has 0 saturated carbocycles. The van der Waals surface area contributed by atoms with E-state index in [0.29, 0.717) is 0 Å². The molecular formula is C66H50S6. The van der Waals surface area contributed by atoms with Crippen molar-refractivity contribution in [3.8, 4) is 0 Å². The highest BCUT2D eigenvalue weighted by molar-refractivity contribution is 8.13. The molecule has 0 N–H and O–H groups in total. The van der Waals surface area contributed by atoms with Crippen molar-refractivity contribution in [3.63, 3.8) is 0 Å². The SMILES string of the molecule is C1=CS/C(=C/c2ccc(C3=CC/C(=C/c4ccc(C5=CC/C(=C/c6ccc(C7=CC/C(=C/c8ccc(C9=CC/C(=C/c%10ccc(C%11=CC/C(=C/c%12ccccc%12)S%11)cc%10)S9)cc8)S7)cc6)S5)cc4)S3)cc2)C1. The molecule has 12 rings (SSSR count). The number of benzene rings is 6. The zero-order chi connectivity index (χ0) is 48.1. The lowest BCUT2D eigenvalue weighted by molar-refractivity contribution is 1.40. The van der Waals surface area contributed by atoms with Crippen LogP contribution in [0, 0.1) is 0 Å². The summed E-state index contributed by atoms with van der Waals surface area (Å²) in [5.41, 5.74) is 14.0. The molecule has 0 spiro atoms. The second kappa shape index (κ2) is 22.2. The van der Waals surface area contributed by atoms with Gasteiger partial charge in [0.05, 0.1) is 0 Å². The van der Waals surface area contributed by atoms with Gasteiger partial charge in [-0.1, -0.05) is 247 Å². The summed E-state index contributed by atoms with van der Waals surface area (Å²) in [7, 11) is 0. The third-order valence-corrected chi connectivity index (χ3v) is 19.8. The Labute approximate surface area is 450 Å². The minimum absolute atomic E-state index is 0.971. The first-order valence-electron chi connectivity index (χ1n) is 24.6. The van der Waals surface area contributed by atoms with Crippen molar-refractivity contribution in [2.24, 2.45) is 0 Å². The highest BCUT2D eigenvalue weighted by Crippen LogP contribution is 2.48. The van der Waals surface area contributed by atoms with Crippen LogP contribution in [0.4, 0.5) is 0 Å². The number of hydrogen-bond donors (Lipinski definition) is 0. The Balaban J connectivity index is 0.591. The predicted molar refractivity (Wildman–Crippen MR) is 329 cm³/mol. The number of thioether (sulfide) groups is 6. The van der Waals surface area contributed by atoms with Gasteiger partial charge in [-0.3, -0.25) is 0 Å². The second-order valence-corrected chi connectivity index (χ2v) is 25.1. The molecule has 0 bridgehead atoms. The van der Waals surface area contributed by atoms with Gasteiger partial charge in [-0.25, -0.2) is 0 Å². The molecule has 0 aliphatic carbocycles. The van der Waals surface area contributed by atoms with E-state index in [9.17, 15) is 0 Å². The van der Waals surface area contributed by atoms with Gasteiger partial charge in [-0.2, -0.15) is 0 Å². The molecule has 72 heavy (non-hydrogen) atoms. The Morgan fingerprint density at radius 2 is 0.500 bits per heavy atom. The standard InChI is InChI=1S/C66H50S6/c1-2-5-45(6-3-1)40-57-28-33-62(68-57)52-20-10-47(11-21-52)42-59-30-35-64(70-59)54-24-14-49(15-25-54)44-61-32-37-66(72-61)55-26-16-50(17-27-55)43-60-31-36-65(71-60)53-22-12-48(13-23-53)41-58-29-34-63(69-58)51-18-8-46(9-19-51)39-56-7-4-38-67-56/h1-6,8-27,33-44H,7,28-32H2/b56-39+,57-40-,58-41-,59-42-,60-43-,61-44-. The average molecular weight is 1040 g/mol. The molecule has 6 aliphatic heterocycles. The first kappa shape index (κ1) is 47.3. The monoisotopic (exact) mass is 1030 g/mol. The quantitative estimate of drug-likeness (QED) is 0.126. The molecule has 0 fully saturated rings. The summed E-state index contributed by atoms with van der Waals surface area (Å²) in [5.74, 6) is 0. The molecule has 0 radical (unpaired) electrons. The van der Waals surface area contributed by atoms with Gasteiger partial charge in [-0.15, -0.1) is 11.8 Å². The molecule has 0 nitrogen and oxygen atoms in total. The lowest BCUT2D eigenvalue weighted by Gasteiger charge is -2.06. The van der Waals surface area contributed by atoms with E-state index < -0.39 is 0 Å². The summed E-state index contributed by atoms with van der Waals surface area (Å²) in [4.78, 5) is 15.1. The molecule has 0 unspecified atom stereocenters. The third-order valence-electron chi connectivity index (χ3n) is 13.0. The van der Waals surface area contributed by atoms with E-state index in [1.54, 1.807) is 0 Å². The minimum atomic E-state index is 0.971. The fourth-order valence-corrected chi connectivity index (χ4v) is 15.3. The average Bonchev–Trinajstić information content (AvgIpc) is 4.30. The maximum Gasteiger partial charge on any atom is 0.0155 e. The van der Waals surface area contributed by atoms with Crippen molar-refractivity contribution < 1.29 is 0 Å². The summed E-state index contributed by atoms with van der Waals surface area (Å²) in [6.07, 6.45) is 34.0. The van der Waals surface area contributed by atoms with E-state index in [2.05, 4.69) is 230 Å². The van der Waals surface area contributed by atoms with Crippen molar-refractivity contribution in [2.75, 3.05) is 0 Å². The van der Waals surface area contributed by atoms with Crippen LogP contribution in [0.5, 0.6) is 0 Å². The van der Waals surface area contributed by atoms with Crippen LogP contribution in [0.15, 0.2) is 223 Å². The van der Waals surface area contributed by atoms with Crippen LogP contribution in [0.25, 0.3) is 61.0 Å². The van der Waals surface area contributed by atoms with Crippen LogP contribution >= 0.6 is 70.6 Å². The second-order valence-electron chi connectivity index (χ2n) is 18.3. The zero-order valence-corrected chi connectivity index (χ0v) is 44.5. The van der Waals surface area contributed by atoms with Gasteiger partial charge in [0.2, 0.25) is 0 Å². The van der Waals surface area contributed by atoms with Crippen LogP contribution in [0.3, 0.4) is 0 Å². The van der Waals surface area contributed by atoms with E-state index >= 15 is 0 Å². The number of allylic oxidation sites excluding steroid dienone is 12. The molecule has 0 aromatic heterocycles. The van der Waals surface area contributed by atoms with E-state index in [-0.39, 0.29) is 0 Å². The summed E-state index contributed by atoms with van der Waals surface area (Å²) >= 11 is 11.3. The third kappa shape index (κ3) is 11.7. The summed E-state index contributed by atoms with van der Waals surface area (Å²) < 4.78 is 0. The fourth-order valence-electron chi connectivity index (χ4n) is 9.24. The van der Waals surface area contributed by atoms with E-state index in [4.69, 9.17) is 0 Å². The number of hydrogen-bond acceptors (Lipinski definition) is 6. The maximum absolute atomic E-state index is 2.38. The van der Waals surface area contributed by atoms with Crippen LogP contribution in [-0.2, 0) is 0 Å². The van der Waals surface area contributed by atoms with Crippen LogP contribution in [-0.4, -0.2) is 0 Å². The number of rotatable bonds is 11. The normalized spacial score (nSPS) is 20.9. The Hall–Kier alpha value is -5.70. The molecule has 6 aromatic carbocycles. The van der Waals surface area contributed by atoms with Crippen molar-refractivity contribution in [1.29, 1.82) is 0 Å². The topological polar surface area (TPSA) is 0 Å². The molecule has 0 amide bonds. The van der Waals surface area contributed by atoms with Crippen molar-refractivity contribution in [1.82, 2.24) is 0 Å². The van der Waals surface area contributed by atoms with Gasteiger partial charge in [-0.05, 0) is 171 Å². The first-order chi connectivity index (χ1) is 35.5. The van der Waals surface area contributed by atoms with Crippen molar-refractivity contribution in [2.45, 2.75) is 38.5 Å². The van der Waals surface area contributed by atoms with Gasteiger partial charge >= 0.3 is 0 Å². The van der Waals surface area contributed by atoms with Crippen LogP contribution in [0.1, 0.15) is 99.7 Å². The van der Waals surface area contributed by atoms with Crippen LogP contribution < -0.4 is 0 Å². The van der Waals surface area contributed by atoms with Crippen LogP contribution in [0.2, 0.25) is 0 Å². The molecule has 6 aromatic rings. The van der Waals surface area contributed by atoms with Gasteiger partial charge in [0, 0.05) is 24.5 Å². The maximum atomic E-state index is 2.38. The highest BCUT2D eigenvalue weighted by Gasteiger charge is 2.19. The van der Waals surface area contributed by atoms with E-state index in [0.717, 1.165) is 38.5 Å². The summed E-state index contributed by atoms with van der Waals surface area (Å²) in [6.45, 7) is 0. The van der Waals surface area contributed by atoms with E-state index in [1.165, 1.54) is 115 Å². The lowest BCUT2D eigenvalue weighted by Crippen LogP contribution is -1.81. The molecule has 6 heterocycles. The fraction of sp³-hybridized carbons (Fsp3) is 0.0909. The molecule has 6 heteroatoms.